The molecule has 2 saturated carbocycles. The van der Waals surface area contributed by atoms with Crippen LogP contribution in [0.2, 0.25) is 0 Å². The number of rotatable bonds is 2. The van der Waals surface area contributed by atoms with Crippen LogP contribution >= 0.6 is 0 Å². The van der Waals surface area contributed by atoms with E-state index in [9.17, 15) is 4.79 Å². The third-order valence-electron chi connectivity index (χ3n) is 7.18. The van der Waals surface area contributed by atoms with Crippen LogP contribution in [0.1, 0.15) is 58.8 Å². The number of nitrogens with one attached hydrogen (secondary N) is 1. The van der Waals surface area contributed by atoms with E-state index < -0.39 is 0 Å². The van der Waals surface area contributed by atoms with Gasteiger partial charge in [-0.2, -0.15) is 0 Å². The zero-order valence-corrected chi connectivity index (χ0v) is 15.6. The molecule has 4 heteroatoms. The smallest absolute Gasteiger partial charge is 0.225 e. The van der Waals surface area contributed by atoms with E-state index in [1.807, 2.05) is 0 Å². The first-order valence-electron chi connectivity index (χ1n) is 10.2. The van der Waals surface area contributed by atoms with Gasteiger partial charge in [0.05, 0.1) is 0 Å². The van der Waals surface area contributed by atoms with Crippen molar-refractivity contribution in [1.82, 2.24) is 15.1 Å². The summed E-state index contributed by atoms with van der Waals surface area (Å²) < 4.78 is 0. The number of hydrogen-bond donors (Lipinski definition) is 1. The number of amides is 1. The van der Waals surface area contributed by atoms with Crippen LogP contribution < -0.4 is 5.32 Å². The summed E-state index contributed by atoms with van der Waals surface area (Å²) in [5.74, 6) is 0.775. The minimum absolute atomic E-state index is 0.220. The first-order chi connectivity index (χ1) is 11.5. The van der Waals surface area contributed by atoms with E-state index in [-0.39, 0.29) is 5.41 Å². The number of hydrogen-bond acceptors (Lipinski definition) is 3. The van der Waals surface area contributed by atoms with Gasteiger partial charge in [0, 0.05) is 38.1 Å². The highest BCUT2D eigenvalue weighted by atomic mass is 16.2. The van der Waals surface area contributed by atoms with Crippen molar-refractivity contribution in [2.24, 2.45) is 16.7 Å². The van der Waals surface area contributed by atoms with Crippen molar-refractivity contribution in [2.75, 3.05) is 39.3 Å². The van der Waals surface area contributed by atoms with Gasteiger partial charge < -0.3 is 10.2 Å². The zero-order valence-electron chi connectivity index (χ0n) is 15.6. The minimum atomic E-state index is 0.220. The average Bonchev–Trinajstić information content (AvgIpc) is 2.61. The molecule has 4 fully saturated rings. The second kappa shape index (κ2) is 6.28. The summed E-state index contributed by atoms with van der Waals surface area (Å²) >= 11 is 0. The van der Waals surface area contributed by atoms with Crippen molar-refractivity contribution in [2.45, 2.75) is 64.8 Å². The van der Waals surface area contributed by atoms with Gasteiger partial charge in [0.1, 0.15) is 0 Å². The number of piperidine rings is 1. The second-order valence-corrected chi connectivity index (χ2v) is 9.83. The molecule has 136 valence electrons. The Hall–Kier alpha value is -0.610. The Balaban J connectivity index is 1.36. The Morgan fingerprint density at radius 3 is 2.38 bits per heavy atom. The van der Waals surface area contributed by atoms with Gasteiger partial charge in [-0.1, -0.05) is 20.3 Å². The minimum Gasteiger partial charge on any atom is -0.341 e. The zero-order chi connectivity index (χ0) is 16.8. The lowest BCUT2D eigenvalue weighted by Crippen LogP contribution is -2.52. The van der Waals surface area contributed by atoms with E-state index in [2.05, 4.69) is 29.0 Å². The normalized spacial score (nSPS) is 31.3. The molecular weight excluding hydrogens is 298 g/mol. The highest BCUT2D eigenvalue weighted by molar-refractivity contribution is 5.80. The molecule has 2 heterocycles. The van der Waals surface area contributed by atoms with E-state index in [0.717, 1.165) is 58.2 Å². The van der Waals surface area contributed by atoms with E-state index in [1.54, 1.807) is 0 Å². The van der Waals surface area contributed by atoms with Crippen LogP contribution in [0.15, 0.2) is 0 Å². The summed E-state index contributed by atoms with van der Waals surface area (Å²) in [7, 11) is 0. The fourth-order valence-corrected chi connectivity index (χ4v) is 5.56. The van der Waals surface area contributed by atoms with Gasteiger partial charge >= 0.3 is 0 Å². The molecule has 0 aromatic heterocycles. The van der Waals surface area contributed by atoms with Crippen molar-refractivity contribution < 1.29 is 4.79 Å². The van der Waals surface area contributed by atoms with Crippen LogP contribution in [0, 0.1) is 16.7 Å². The fraction of sp³-hybridized carbons (Fsp3) is 0.950. The predicted molar refractivity (Wildman–Crippen MR) is 96.8 cm³/mol. The summed E-state index contributed by atoms with van der Waals surface area (Å²) in [6.07, 6.45) is 8.97. The Bertz CT molecular complexity index is 471. The lowest BCUT2D eigenvalue weighted by molar-refractivity contribution is -0.145. The molecule has 4 nitrogen and oxygen atoms in total. The van der Waals surface area contributed by atoms with Crippen molar-refractivity contribution >= 4 is 5.91 Å². The van der Waals surface area contributed by atoms with Crippen LogP contribution in [-0.2, 0) is 4.79 Å². The first kappa shape index (κ1) is 16.8. The van der Waals surface area contributed by atoms with Gasteiger partial charge in [0.15, 0.2) is 0 Å². The largest absolute Gasteiger partial charge is 0.341 e. The Morgan fingerprint density at radius 1 is 1.04 bits per heavy atom. The molecule has 1 spiro atoms. The quantitative estimate of drug-likeness (QED) is 0.843. The summed E-state index contributed by atoms with van der Waals surface area (Å²) in [4.78, 5) is 18.0. The van der Waals surface area contributed by atoms with Gasteiger partial charge in [-0.05, 0) is 62.4 Å². The molecule has 0 aromatic rings. The number of carbonyl (C=O) groups excluding carboxylic acids is 1. The average molecular weight is 334 g/mol. The van der Waals surface area contributed by atoms with E-state index in [0.29, 0.717) is 17.2 Å². The molecule has 2 aliphatic heterocycles. The summed E-state index contributed by atoms with van der Waals surface area (Å²) in [6.45, 7) is 11.1. The van der Waals surface area contributed by atoms with Crippen LogP contribution in [0.5, 0.6) is 0 Å². The van der Waals surface area contributed by atoms with E-state index in [1.165, 1.54) is 32.1 Å². The number of carbonyl (C=O) groups is 1. The molecule has 24 heavy (non-hydrogen) atoms. The lowest BCUT2D eigenvalue weighted by Gasteiger charge is -2.50. The maximum Gasteiger partial charge on any atom is 0.225 e. The third kappa shape index (κ3) is 3.24. The topological polar surface area (TPSA) is 35.6 Å². The maximum absolute atomic E-state index is 13.1. The predicted octanol–water partition coefficient (Wildman–Crippen LogP) is 2.49. The molecule has 4 rings (SSSR count). The highest BCUT2D eigenvalue weighted by Crippen LogP contribution is 2.52. The van der Waals surface area contributed by atoms with Crippen LogP contribution in [0.3, 0.4) is 0 Å². The van der Waals surface area contributed by atoms with Crippen LogP contribution in [0.25, 0.3) is 0 Å². The highest BCUT2D eigenvalue weighted by Gasteiger charge is 2.49. The maximum atomic E-state index is 13.1. The molecule has 2 saturated heterocycles. The molecule has 2 aliphatic carbocycles. The van der Waals surface area contributed by atoms with Gasteiger partial charge in [0.25, 0.3) is 0 Å². The Labute approximate surface area is 147 Å². The van der Waals surface area contributed by atoms with Crippen molar-refractivity contribution in [1.29, 1.82) is 0 Å². The lowest BCUT2D eigenvalue weighted by atomic mass is 9.57. The Morgan fingerprint density at radius 2 is 1.75 bits per heavy atom. The molecule has 1 N–H and O–H groups in total. The molecule has 0 unspecified atom stereocenters. The van der Waals surface area contributed by atoms with Crippen molar-refractivity contribution in [3.63, 3.8) is 0 Å². The van der Waals surface area contributed by atoms with Gasteiger partial charge in [-0.25, -0.2) is 0 Å². The van der Waals surface area contributed by atoms with E-state index in [4.69, 9.17) is 0 Å². The Kier molecular flexibility index (Phi) is 4.41. The van der Waals surface area contributed by atoms with Crippen LogP contribution in [0.4, 0.5) is 0 Å². The first-order valence-corrected chi connectivity index (χ1v) is 10.2. The molecular formula is C20H35N3O. The van der Waals surface area contributed by atoms with E-state index >= 15 is 0 Å². The fourth-order valence-electron chi connectivity index (χ4n) is 5.56. The summed E-state index contributed by atoms with van der Waals surface area (Å²) in [5, 5.41) is 3.46. The molecule has 0 radical (unpaired) electrons. The van der Waals surface area contributed by atoms with Gasteiger partial charge in [-0.15, -0.1) is 0 Å². The molecule has 0 atom stereocenters. The second-order valence-electron chi connectivity index (χ2n) is 9.83. The van der Waals surface area contributed by atoms with Gasteiger partial charge in [0.2, 0.25) is 5.91 Å². The summed E-state index contributed by atoms with van der Waals surface area (Å²) in [6, 6.07) is 0.793. The molecule has 4 aliphatic rings. The molecule has 0 bridgehead atoms. The SMILES string of the molecule is CC1(C)CN(C(=O)C2CC3(CCNCC3)C2)CCN(C2CCC2)C1. The molecule has 0 aromatic carbocycles. The van der Waals surface area contributed by atoms with Gasteiger partial charge in [-0.3, -0.25) is 9.69 Å². The van der Waals surface area contributed by atoms with Crippen LogP contribution in [-0.4, -0.2) is 61.0 Å². The molecule has 1 amide bonds. The monoisotopic (exact) mass is 333 g/mol. The summed E-state index contributed by atoms with van der Waals surface area (Å²) in [5.41, 5.74) is 0.725. The standard InChI is InChI=1S/C20H35N3O/c1-19(2)14-22(17-4-3-5-17)10-11-23(15-19)18(24)16-12-20(13-16)6-8-21-9-7-20/h16-17,21H,3-15H2,1-2H3. The van der Waals surface area contributed by atoms with Crippen molar-refractivity contribution in [3.05, 3.63) is 0 Å². The number of nitrogens with zero attached hydrogens (tertiary/aromatic N) is 2. The van der Waals surface area contributed by atoms with Crippen molar-refractivity contribution in [3.8, 4) is 0 Å². The third-order valence-corrected chi connectivity index (χ3v) is 7.18.